The molecule has 0 bridgehead atoms. The fraction of sp³-hybridized carbons (Fsp3) is 0.0588. The lowest BCUT2D eigenvalue weighted by Crippen LogP contribution is -2.41. The van der Waals surface area contributed by atoms with E-state index in [0.29, 0.717) is 20.9 Å². The number of carbonyl (C=O) groups is 2. The van der Waals surface area contributed by atoms with Crippen molar-refractivity contribution in [2.24, 2.45) is 0 Å². The summed E-state index contributed by atoms with van der Waals surface area (Å²) in [6.07, 6.45) is 0. The number of methoxy groups -OCH3 is 1. The SMILES string of the molecule is COc1ccc2c(Cl)c(C(=O)NNC(=O)c3ccc(O)cc3)sc2c1Cl. The lowest BCUT2D eigenvalue weighted by atomic mass is 10.2. The molecule has 2 amide bonds. The molecule has 0 aliphatic heterocycles. The summed E-state index contributed by atoms with van der Waals surface area (Å²) >= 11 is 13.6. The minimum absolute atomic E-state index is 0.0370. The van der Waals surface area contributed by atoms with Gasteiger partial charge in [0.2, 0.25) is 0 Å². The number of phenolic OH excluding ortho intramolecular Hbond substituents is 1. The Labute approximate surface area is 162 Å². The molecule has 0 atom stereocenters. The Bertz CT molecular complexity index is 1000. The Morgan fingerprint density at radius 1 is 1.00 bits per heavy atom. The van der Waals surface area contributed by atoms with Crippen LogP contribution in [0.25, 0.3) is 10.1 Å². The van der Waals surface area contributed by atoms with Gasteiger partial charge in [-0.2, -0.15) is 0 Å². The maximum atomic E-state index is 12.4. The minimum atomic E-state index is -0.571. The topological polar surface area (TPSA) is 87.7 Å². The zero-order chi connectivity index (χ0) is 18.8. The predicted molar refractivity (Wildman–Crippen MR) is 101 cm³/mol. The molecular formula is C17H12Cl2N2O4S. The van der Waals surface area contributed by atoms with Crippen LogP contribution in [0.5, 0.6) is 11.5 Å². The molecule has 0 aliphatic carbocycles. The quantitative estimate of drug-likeness (QED) is 0.569. The van der Waals surface area contributed by atoms with Crippen LogP contribution in [-0.4, -0.2) is 24.0 Å². The van der Waals surface area contributed by atoms with E-state index < -0.39 is 11.8 Å². The van der Waals surface area contributed by atoms with Gasteiger partial charge < -0.3 is 9.84 Å². The first-order valence-electron chi connectivity index (χ1n) is 7.26. The van der Waals surface area contributed by atoms with Gasteiger partial charge in [-0.1, -0.05) is 23.2 Å². The highest BCUT2D eigenvalue weighted by Gasteiger charge is 2.20. The zero-order valence-electron chi connectivity index (χ0n) is 13.3. The minimum Gasteiger partial charge on any atom is -0.508 e. The molecule has 26 heavy (non-hydrogen) atoms. The van der Waals surface area contributed by atoms with Crippen molar-refractivity contribution in [1.29, 1.82) is 0 Å². The van der Waals surface area contributed by atoms with Gasteiger partial charge in [0.25, 0.3) is 11.8 Å². The van der Waals surface area contributed by atoms with Crippen LogP contribution in [0.3, 0.4) is 0 Å². The molecule has 0 saturated carbocycles. The second-order valence-corrected chi connectivity index (χ2v) is 6.94. The van der Waals surface area contributed by atoms with Crippen LogP contribution in [-0.2, 0) is 0 Å². The summed E-state index contributed by atoms with van der Waals surface area (Å²) in [5.41, 5.74) is 4.88. The number of benzene rings is 2. The summed E-state index contributed by atoms with van der Waals surface area (Å²) in [4.78, 5) is 24.6. The first-order chi connectivity index (χ1) is 12.4. The second kappa shape index (κ2) is 7.41. The van der Waals surface area contributed by atoms with Crippen LogP contribution in [0.1, 0.15) is 20.0 Å². The van der Waals surface area contributed by atoms with E-state index in [1.807, 2.05) is 0 Å². The van der Waals surface area contributed by atoms with Gasteiger partial charge in [-0.25, -0.2) is 0 Å². The van der Waals surface area contributed by atoms with Crippen molar-refractivity contribution in [2.75, 3.05) is 7.11 Å². The predicted octanol–water partition coefficient (Wildman–Crippen LogP) is 4.00. The van der Waals surface area contributed by atoms with Crippen molar-refractivity contribution in [1.82, 2.24) is 10.9 Å². The molecule has 3 rings (SSSR count). The Kier molecular flexibility index (Phi) is 5.22. The Balaban J connectivity index is 1.79. The number of amides is 2. The molecule has 1 heterocycles. The van der Waals surface area contributed by atoms with Crippen molar-refractivity contribution in [3.8, 4) is 11.5 Å². The van der Waals surface area contributed by atoms with Crippen LogP contribution in [0.15, 0.2) is 36.4 Å². The van der Waals surface area contributed by atoms with E-state index in [1.165, 1.54) is 31.4 Å². The van der Waals surface area contributed by atoms with Crippen molar-refractivity contribution < 1.29 is 19.4 Å². The van der Waals surface area contributed by atoms with E-state index in [1.54, 1.807) is 12.1 Å². The number of nitrogens with one attached hydrogen (secondary N) is 2. The lowest BCUT2D eigenvalue weighted by Gasteiger charge is -2.06. The molecule has 3 aromatic rings. The smallest absolute Gasteiger partial charge is 0.281 e. The van der Waals surface area contributed by atoms with Crippen molar-refractivity contribution in [3.05, 3.63) is 56.9 Å². The number of hydrogen-bond donors (Lipinski definition) is 3. The van der Waals surface area contributed by atoms with Crippen molar-refractivity contribution in [3.63, 3.8) is 0 Å². The number of fused-ring (bicyclic) bond motifs is 1. The molecule has 0 saturated heterocycles. The molecule has 2 aromatic carbocycles. The summed E-state index contributed by atoms with van der Waals surface area (Å²) in [5.74, 6) is -0.590. The second-order valence-electron chi connectivity index (χ2n) is 5.16. The van der Waals surface area contributed by atoms with Gasteiger partial charge in [0.1, 0.15) is 21.4 Å². The summed E-state index contributed by atoms with van der Waals surface area (Å²) in [5, 5.41) is 10.5. The van der Waals surface area contributed by atoms with E-state index in [9.17, 15) is 14.7 Å². The van der Waals surface area contributed by atoms with Crippen molar-refractivity contribution >= 4 is 56.4 Å². The lowest BCUT2D eigenvalue weighted by molar-refractivity contribution is 0.0849. The Morgan fingerprint density at radius 2 is 1.65 bits per heavy atom. The fourth-order valence-corrected chi connectivity index (χ4v) is 4.03. The molecule has 134 valence electrons. The summed E-state index contributed by atoms with van der Waals surface area (Å²) in [6, 6.07) is 8.97. The largest absolute Gasteiger partial charge is 0.508 e. The average molecular weight is 411 g/mol. The van der Waals surface area contributed by atoms with Gasteiger partial charge >= 0.3 is 0 Å². The standard InChI is InChI=1S/C17H12Cl2N2O4S/c1-25-11-7-6-10-12(18)15(26-14(10)13(11)19)17(24)21-20-16(23)8-2-4-9(22)5-3-8/h2-7,22H,1H3,(H,20,23)(H,21,24). The molecule has 1 aromatic heterocycles. The number of carbonyl (C=O) groups excluding carboxylic acids is 2. The molecule has 0 radical (unpaired) electrons. The van der Waals surface area contributed by atoms with Crippen LogP contribution in [0.4, 0.5) is 0 Å². The van der Waals surface area contributed by atoms with Gasteiger partial charge in [0.05, 0.1) is 16.8 Å². The van der Waals surface area contributed by atoms with Gasteiger partial charge in [0, 0.05) is 10.9 Å². The number of halogens is 2. The number of hydrogen-bond acceptors (Lipinski definition) is 5. The van der Waals surface area contributed by atoms with Gasteiger partial charge in [-0.15, -0.1) is 11.3 Å². The van der Waals surface area contributed by atoms with E-state index in [-0.39, 0.29) is 21.2 Å². The normalized spacial score (nSPS) is 10.6. The number of ether oxygens (including phenoxy) is 1. The number of thiophene rings is 1. The third kappa shape index (κ3) is 3.41. The highest BCUT2D eigenvalue weighted by molar-refractivity contribution is 7.22. The fourth-order valence-electron chi connectivity index (χ4n) is 2.24. The molecular weight excluding hydrogens is 399 g/mol. The maximum Gasteiger partial charge on any atom is 0.281 e. The van der Waals surface area contributed by atoms with Crippen molar-refractivity contribution in [2.45, 2.75) is 0 Å². The zero-order valence-corrected chi connectivity index (χ0v) is 15.6. The third-order valence-corrected chi connectivity index (χ3v) is 5.76. The molecule has 0 fully saturated rings. The summed E-state index contributed by atoms with van der Waals surface area (Å²) in [6.45, 7) is 0. The van der Waals surface area contributed by atoms with Gasteiger partial charge in [-0.05, 0) is 36.4 Å². The third-order valence-electron chi connectivity index (χ3n) is 3.55. The Morgan fingerprint density at radius 3 is 2.31 bits per heavy atom. The van der Waals surface area contributed by atoms with Gasteiger partial charge in [-0.3, -0.25) is 20.4 Å². The molecule has 0 unspecified atom stereocenters. The summed E-state index contributed by atoms with van der Waals surface area (Å²) in [7, 11) is 1.49. The molecule has 3 N–H and O–H groups in total. The van der Waals surface area contributed by atoms with Crippen LogP contribution in [0, 0.1) is 0 Å². The number of aromatic hydroxyl groups is 1. The number of phenols is 1. The highest BCUT2D eigenvalue weighted by Crippen LogP contribution is 2.42. The summed E-state index contributed by atoms with van der Waals surface area (Å²) < 4.78 is 5.77. The monoisotopic (exact) mass is 410 g/mol. The highest BCUT2D eigenvalue weighted by atomic mass is 35.5. The van der Waals surface area contributed by atoms with E-state index >= 15 is 0 Å². The van der Waals surface area contributed by atoms with Crippen LogP contribution >= 0.6 is 34.5 Å². The molecule has 9 heteroatoms. The van der Waals surface area contributed by atoms with Crippen LogP contribution in [0.2, 0.25) is 10.0 Å². The first kappa shape index (κ1) is 18.3. The maximum absolute atomic E-state index is 12.4. The van der Waals surface area contributed by atoms with Crippen LogP contribution < -0.4 is 15.6 Å². The van der Waals surface area contributed by atoms with E-state index in [4.69, 9.17) is 27.9 Å². The van der Waals surface area contributed by atoms with E-state index in [2.05, 4.69) is 10.9 Å². The van der Waals surface area contributed by atoms with Gasteiger partial charge in [0.15, 0.2) is 0 Å². The molecule has 6 nitrogen and oxygen atoms in total. The Hall–Kier alpha value is -2.48. The van der Waals surface area contributed by atoms with E-state index in [0.717, 1.165) is 11.3 Å². The number of rotatable bonds is 3. The first-order valence-corrected chi connectivity index (χ1v) is 8.83. The number of hydrazine groups is 1. The molecule has 0 spiro atoms. The average Bonchev–Trinajstić information content (AvgIpc) is 2.98. The molecule has 0 aliphatic rings.